The summed E-state index contributed by atoms with van der Waals surface area (Å²) in [6.07, 6.45) is 3.54. The molecule has 0 saturated carbocycles. The van der Waals surface area contributed by atoms with E-state index >= 15 is 0 Å². The number of hydrogen-bond donors (Lipinski definition) is 1. The van der Waals surface area contributed by atoms with E-state index in [0.717, 1.165) is 19.3 Å². The van der Waals surface area contributed by atoms with Gasteiger partial charge in [0.2, 0.25) is 4.52 Å². The number of unbranched alkanes of at least 4 members (excludes halogenated alkanes) is 2. The monoisotopic (exact) mass is 170 g/mol. The van der Waals surface area contributed by atoms with E-state index in [-0.39, 0.29) is 0 Å². The standard InChI is InChI=1S/C6H12Cl2O/c1-2-3-4-5-6(7,8)9/h9H,2-5H2,1H3. The number of aliphatic hydroxyl groups is 1. The van der Waals surface area contributed by atoms with Gasteiger partial charge in [0, 0.05) is 6.42 Å². The highest BCUT2D eigenvalue weighted by Gasteiger charge is 2.16. The Morgan fingerprint density at radius 2 is 1.89 bits per heavy atom. The third-order valence-corrected chi connectivity index (χ3v) is 1.46. The highest BCUT2D eigenvalue weighted by atomic mass is 35.5. The first kappa shape index (κ1) is 9.54. The van der Waals surface area contributed by atoms with Gasteiger partial charge in [-0.2, -0.15) is 0 Å². The first-order valence-electron chi connectivity index (χ1n) is 3.16. The van der Waals surface area contributed by atoms with Gasteiger partial charge in [0.25, 0.3) is 0 Å². The summed E-state index contributed by atoms with van der Waals surface area (Å²) in [6.45, 7) is 2.08. The van der Waals surface area contributed by atoms with Gasteiger partial charge >= 0.3 is 0 Å². The normalized spacial score (nSPS) is 12.0. The van der Waals surface area contributed by atoms with Crippen molar-refractivity contribution < 1.29 is 5.11 Å². The topological polar surface area (TPSA) is 20.2 Å². The zero-order chi connectivity index (χ0) is 7.33. The number of alkyl halides is 2. The number of rotatable bonds is 4. The summed E-state index contributed by atoms with van der Waals surface area (Å²) in [5.74, 6) is 0. The second kappa shape index (κ2) is 4.37. The third kappa shape index (κ3) is 8.54. The van der Waals surface area contributed by atoms with Gasteiger partial charge in [-0.3, -0.25) is 0 Å². The minimum atomic E-state index is -1.50. The lowest BCUT2D eigenvalue weighted by molar-refractivity contribution is 0.200. The Morgan fingerprint density at radius 3 is 2.22 bits per heavy atom. The Morgan fingerprint density at radius 1 is 1.33 bits per heavy atom. The second-order valence-corrected chi connectivity index (χ2v) is 3.57. The van der Waals surface area contributed by atoms with Crippen LogP contribution in [-0.2, 0) is 0 Å². The Balaban J connectivity index is 3.07. The first-order valence-corrected chi connectivity index (χ1v) is 3.92. The predicted molar refractivity (Wildman–Crippen MR) is 40.8 cm³/mol. The molecule has 0 radical (unpaired) electrons. The summed E-state index contributed by atoms with van der Waals surface area (Å²) in [5.41, 5.74) is 0. The average molecular weight is 171 g/mol. The van der Waals surface area contributed by atoms with Crippen molar-refractivity contribution in [1.29, 1.82) is 0 Å². The molecule has 0 atom stereocenters. The van der Waals surface area contributed by atoms with Crippen LogP contribution in [0.25, 0.3) is 0 Å². The fourth-order valence-electron chi connectivity index (χ4n) is 0.588. The van der Waals surface area contributed by atoms with E-state index < -0.39 is 4.52 Å². The van der Waals surface area contributed by atoms with Crippen LogP contribution in [0.15, 0.2) is 0 Å². The van der Waals surface area contributed by atoms with Crippen molar-refractivity contribution in [3.63, 3.8) is 0 Å². The van der Waals surface area contributed by atoms with Gasteiger partial charge in [0.15, 0.2) is 0 Å². The van der Waals surface area contributed by atoms with E-state index in [4.69, 9.17) is 28.3 Å². The molecule has 0 aromatic rings. The minimum Gasteiger partial charge on any atom is -0.363 e. The molecule has 1 N–H and O–H groups in total. The fraction of sp³-hybridized carbons (Fsp3) is 1.00. The van der Waals surface area contributed by atoms with Crippen LogP contribution in [-0.4, -0.2) is 9.63 Å². The maximum absolute atomic E-state index is 8.78. The zero-order valence-corrected chi connectivity index (χ0v) is 7.04. The molecule has 0 rings (SSSR count). The predicted octanol–water partition coefficient (Wildman–Crippen LogP) is 2.69. The van der Waals surface area contributed by atoms with Gasteiger partial charge in [0.05, 0.1) is 0 Å². The van der Waals surface area contributed by atoms with Crippen LogP contribution >= 0.6 is 23.2 Å². The van der Waals surface area contributed by atoms with E-state index in [2.05, 4.69) is 6.92 Å². The molecule has 1 nitrogen and oxygen atoms in total. The Hall–Kier alpha value is 0.540. The summed E-state index contributed by atoms with van der Waals surface area (Å²) < 4.78 is -1.50. The highest BCUT2D eigenvalue weighted by Crippen LogP contribution is 2.23. The van der Waals surface area contributed by atoms with Crippen molar-refractivity contribution in [2.45, 2.75) is 37.1 Å². The smallest absolute Gasteiger partial charge is 0.214 e. The molecular weight excluding hydrogens is 159 g/mol. The zero-order valence-electron chi connectivity index (χ0n) is 5.53. The molecule has 0 aromatic heterocycles. The molecule has 0 fully saturated rings. The molecule has 0 unspecified atom stereocenters. The second-order valence-electron chi connectivity index (χ2n) is 2.12. The lowest BCUT2D eigenvalue weighted by Gasteiger charge is -2.09. The van der Waals surface area contributed by atoms with Gasteiger partial charge in [-0.1, -0.05) is 43.0 Å². The van der Waals surface area contributed by atoms with Gasteiger partial charge in [-0.05, 0) is 6.42 Å². The molecule has 0 spiro atoms. The minimum absolute atomic E-state index is 0.462. The highest BCUT2D eigenvalue weighted by molar-refractivity contribution is 6.46. The lowest BCUT2D eigenvalue weighted by atomic mass is 10.2. The average Bonchev–Trinajstić information content (AvgIpc) is 1.63. The van der Waals surface area contributed by atoms with Crippen molar-refractivity contribution in [2.75, 3.05) is 0 Å². The van der Waals surface area contributed by atoms with E-state index in [1.807, 2.05) is 0 Å². The van der Waals surface area contributed by atoms with Crippen LogP contribution in [0.3, 0.4) is 0 Å². The Bertz CT molecular complexity index is 67.9. The van der Waals surface area contributed by atoms with Gasteiger partial charge in [0.1, 0.15) is 0 Å². The van der Waals surface area contributed by atoms with Crippen molar-refractivity contribution in [2.24, 2.45) is 0 Å². The van der Waals surface area contributed by atoms with Gasteiger partial charge in [-0.25, -0.2) is 0 Å². The third-order valence-electron chi connectivity index (χ3n) is 1.08. The summed E-state index contributed by atoms with van der Waals surface area (Å²) in [4.78, 5) is 0. The van der Waals surface area contributed by atoms with E-state index in [1.54, 1.807) is 0 Å². The molecular formula is C6H12Cl2O. The van der Waals surface area contributed by atoms with Crippen LogP contribution in [0.1, 0.15) is 32.6 Å². The molecule has 0 aromatic carbocycles. The van der Waals surface area contributed by atoms with Crippen LogP contribution in [0.2, 0.25) is 0 Å². The van der Waals surface area contributed by atoms with Crippen molar-refractivity contribution in [1.82, 2.24) is 0 Å². The molecule has 56 valence electrons. The Kier molecular flexibility index (Phi) is 4.63. The van der Waals surface area contributed by atoms with Crippen LogP contribution in [0.4, 0.5) is 0 Å². The van der Waals surface area contributed by atoms with E-state index in [0.29, 0.717) is 6.42 Å². The lowest BCUT2D eigenvalue weighted by Crippen LogP contribution is -2.09. The molecule has 0 aliphatic heterocycles. The van der Waals surface area contributed by atoms with Gasteiger partial charge < -0.3 is 5.11 Å². The summed E-state index contributed by atoms with van der Waals surface area (Å²) in [6, 6.07) is 0. The van der Waals surface area contributed by atoms with E-state index in [1.165, 1.54) is 0 Å². The van der Waals surface area contributed by atoms with E-state index in [9.17, 15) is 0 Å². The number of hydrogen-bond acceptors (Lipinski definition) is 1. The number of halogens is 2. The fourth-order valence-corrected chi connectivity index (χ4v) is 0.855. The molecule has 9 heavy (non-hydrogen) atoms. The molecule has 0 heterocycles. The summed E-state index contributed by atoms with van der Waals surface area (Å²) in [5, 5.41) is 8.78. The van der Waals surface area contributed by atoms with Crippen molar-refractivity contribution in [3.8, 4) is 0 Å². The maximum atomic E-state index is 8.78. The Labute approximate surface area is 66.0 Å². The van der Waals surface area contributed by atoms with Crippen molar-refractivity contribution >= 4 is 23.2 Å². The van der Waals surface area contributed by atoms with Crippen LogP contribution in [0.5, 0.6) is 0 Å². The first-order chi connectivity index (χ1) is 4.06. The molecule has 0 saturated heterocycles. The van der Waals surface area contributed by atoms with Crippen molar-refractivity contribution in [3.05, 3.63) is 0 Å². The largest absolute Gasteiger partial charge is 0.363 e. The van der Waals surface area contributed by atoms with Crippen LogP contribution in [0, 0.1) is 0 Å². The maximum Gasteiger partial charge on any atom is 0.214 e. The van der Waals surface area contributed by atoms with Gasteiger partial charge in [-0.15, -0.1) is 0 Å². The molecule has 0 bridgehead atoms. The molecule has 0 aliphatic carbocycles. The van der Waals surface area contributed by atoms with Crippen LogP contribution < -0.4 is 0 Å². The summed E-state index contributed by atoms with van der Waals surface area (Å²) in [7, 11) is 0. The molecule has 0 amide bonds. The molecule has 3 heteroatoms. The summed E-state index contributed by atoms with van der Waals surface area (Å²) >= 11 is 10.6. The SMILES string of the molecule is CCCCCC(O)(Cl)Cl. The molecule has 0 aliphatic rings. The quantitative estimate of drug-likeness (QED) is 0.509.